The quantitative estimate of drug-likeness (QED) is 0.626. The van der Waals surface area contributed by atoms with Crippen LogP contribution in [0.15, 0.2) is 23.1 Å². The Morgan fingerprint density at radius 3 is 2.62 bits per heavy atom. The molecule has 0 radical (unpaired) electrons. The van der Waals surface area contributed by atoms with Crippen LogP contribution in [-0.2, 0) is 14.6 Å². The molecule has 0 heterocycles. The van der Waals surface area contributed by atoms with E-state index < -0.39 is 9.84 Å². The van der Waals surface area contributed by atoms with Crippen LogP contribution in [0.25, 0.3) is 0 Å². The summed E-state index contributed by atoms with van der Waals surface area (Å²) >= 11 is 0. The van der Waals surface area contributed by atoms with Gasteiger partial charge in [-0.1, -0.05) is 0 Å². The highest BCUT2D eigenvalue weighted by Gasteiger charge is 2.16. The van der Waals surface area contributed by atoms with Gasteiger partial charge in [0.05, 0.1) is 17.3 Å². The maximum absolute atomic E-state index is 11.9. The zero-order chi connectivity index (χ0) is 12.2. The summed E-state index contributed by atoms with van der Waals surface area (Å²) in [6.45, 7) is 4.32. The molecule has 16 heavy (non-hydrogen) atoms. The predicted molar refractivity (Wildman–Crippen MR) is 64.1 cm³/mol. The molecule has 0 aromatic heterocycles. The van der Waals surface area contributed by atoms with Crippen LogP contribution in [0, 0.1) is 6.92 Å². The van der Waals surface area contributed by atoms with Gasteiger partial charge in [0.1, 0.15) is 0 Å². The monoisotopic (exact) mass is 243 g/mol. The number of sulfone groups is 1. The van der Waals surface area contributed by atoms with E-state index in [0.717, 1.165) is 0 Å². The number of hydrogen-bond acceptors (Lipinski definition) is 4. The predicted octanol–water partition coefficient (Wildman–Crippen LogP) is 1.39. The third-order valence-electron chi connectivity index (χ3n) is 2.23. The molecule has 1 rings (SSSR count). The molecule has 0 aliphatic heterocycles. The van der Waals surface area contributed by atoms with Gasteiger partial charge in [-0.15, -0.1) is 0 Å². The lowest BCUT2D eigenvalue weighted by Gasteiger charge is -2.08. The molecule has 1 aromatic rings. The summed E-state index contributed by atoms with van der Waals surface area (Å²) < 4.78 is 28.9. The smallest absolute Gasteiger partial charge is 0.180 e. The van der Waals surface area contributed by atoms with Crippen molar-refractivity contribution in [2.24, 2.45) is 0 Å². The lowest BCUT2D eigenvalue weighted by molar-refractivity contribution is 0.163. The third kappa shape index (κ3) is 3.21. The van der Waals surface area contributed by atoms with Crippen molar-refractivity contribution in [1.82, 2.24) is 0 Å². The van der Waals surface area contributed by atoms with E-state index >= 15 is 0 Å². The highest BCUT2D eigenvalue weighted by Crippen LogP contribution is 2.19. The highest BCUT2D eigenvalue weighted by molar-refractivity contribution is 7.91. The molecule has 0 atom stereocenters. The summed E-state index contributed by atoms with van der Waals surface area (Å²) in [4.78, 5) is 0.335. The van der Waals surface area contributed by atoms with Crippen molar-refractivity contribution in [2.45, 2.75) is 18.7 Å². The van der Waals surface area contributed by atoms with Crippen molar-refractivity contribution in [3.63, 3.8) is 0 Å². The van der Waals surface area contributed by atoms with E-state index in [-0.39, 0.29) is 12.4 Å². The van der Waals surface area contributed by atoms with E-state index in [1.165, 1.54) is 0 Å². The summed E-state index contributed by atoms with van der Waals surface area (Å²) in [5, 5.41) is 0. The van der Waals surface area contributed by atoms with Crippen LogP contribution in [0.4, 0.5) is 5.69 Å². The molecule has 0 amide bonds. The highest BCUT2D eigenvalue weighted by atomic mass is 32.2. The fraction of sp³-hybridized carbons (Fsp3) is 0.455. The molecule has 90 valence electrons. The lowest BCUT2D eigenvalue weighted by Crippen LogP contribution is -2.13. The summed E-state index contributed by atoms with van der Waals surface area (Å²) in [6, 6.07) is 4.81. The topological polar surface area (TPSA) is 69.4 Å². The molecule has 0 saturated carbocycles. The first kappa shape index (κ1) is 13.0. The second-order valence-corrected chi connectivity index (χ2v) is 5.62. The average Bonchev–Trinajstić information content (AvgIpc) is 2.17. The Bertz CT molecular complexity index is 454. The number of rotatable bonds is 5. The van der Waals surface area contributed by atoms with Gasteiger partial charge in [0.25, 0.3) is 0 Å². The Morgan fingerprint density at radius 1 is 1.38 bits per heavy atom. The van der Waals surface area contributed by atoms with E-state index in [4.69, 9.17) is 10.5 Å². The van der Waals surface area contributed by atoms with Gasteiger partial charge in [-0.3, -0.25) is 0 Å². The molecule has 0 saturated heterocycles. The van der Waals surface area contributed by atoms with Crippen LogP contribution in [0.5, 0.6) is 0 Å². The number of aryl methyl sites for hydroxylation is 1. The van der Waals surface area contributed by atoms with Gasteiger partial charge in [-0.05, 0) is 37.6 Å². The minimum absolute atomic E-state index is 0.00555. The standard InChI is InChI=1S/C11H17NO3S/c1-3-15-6-7-16(13,14)11-5-4-10(12)8-9(11)2/h4-5,8H,3,6-7,12H2,1-2H3. The van der Waals surface area contributed by atoms with Gasteiger partial charge >= 0.3 is 0 Å². The molecule has 0 spiro atoms. The Balaban J connectivity index is 2.90. The van der Waals surface area contributed by atoms with Crippen molar-refractivity contribution in [3.05, 3.63) is 23.8 Å². The minimum Gasteiger partial charge on any atom is -0.399 e. The first-order chi connectivity index (χ1) is 7.47. The van der Waals surface area contributed by atoms with Crippen LogP contribution in [0.1, 0.15) is 12.5 Å². The van der Waals surface area contributed by atoms with Crippen LogP contribution in [0.2, 0.25) is 0 Å². The molecular formula is C11H17NO3S. The average molecular weight is 243 g/mol. The van der Waals surface area contributed by atoms with E-state index in [2.05, 4.69) is 0 Å². The number of ether oxygens (including phenoxy) is 1. The number of benzene rings is 1. The Morgan fingerprint density at radius 2 is 2.06 bits per heavy atom. The largest absolute Gasteiger partial charge is 0.399 e. The van der Waals surface area contributed by atoms with Gasteiger partial charge in [-0.2, -0.15) is 0 Å². The Kier molecular flexibility index (Phi) is 4.32. The van der Waals surface area contributed by atoms with E-state index in [0.29, 0.717) is 22.8 Å². The van der Waals surface area contributed by atoms with Crippen LogP contribution in [-0.4, -0.2) is 27.4 Å². The first-order valence-corrected chi connectivity index (χ1v) is 6.79. The number of nitrogens with two attached hydrogens (primary N) is 1. The fourth-order valence-corrected chi connectivity index (χ4v) is 2.83. The van der Waals surface area contributed by atoms with E-state index in [1.54, 1.807) is 25.1 Å². The first-order valence-electron chi connectivity index (χ1n) is 5.14. The molecule has 5 heteroatoms. The molecule has 4 nitrogen and oxygen atoms in total. The van der Waals surface area contributed by atoms with E-state index in [1.807, 2.05) is 6.92 Å². The van der Waals surface area contributed by atoms with Crippen LogP contribution >= 0.6 is 0 Å². The minimum atomic E-state index is -3.26. The molecule has 0 unspecified atom stereocenters. The van der Waals surface area contributed by atoms with Crippen molar-refractivity contribution in [3.8, 4) is 0 Å². The molecule has 0 fully saturated rings. The van der Waals surface area contributed by atoms with Gasteiger partial charge in [0.2, 0.25) is 0 Å². The molecule has 2 N–H and O–H groups in total. The second kappa shape index (κ2) is 5.32. The van der Waals surface area contributed by atoms with Gasteiger partial charge in [0, 0.05) is 12.3 Å². The maximum atomic E-state index is 11.9. The molecule has 0 aliphatic carbocycles. The number of anilines is 1. The van der Waals surface area contributed by atoms with Crippen molar-refractivity contribution in [2.75, 3.05) is 24.7 Å². The fourth-order valence-electron chi connectivity index (χ4n) is 1.44. The Labute approximate surface area is 96.3 Å². The Hall–Kier alpha value is -1.07. The molecular weight excluding hydrogens is 226 g/mol. The SMILES string of the molecule is CCOCCS(=O)(=O)c1ccc(N)cc1C. The number of nitrogen functional groups attached to an aromatic ring is 1. The summed E-state index contributed by atoms with van der Waals surface area (Å²) in [5.41, 5.74) is 6.82. The second-order valence-electron chi connectivity index (χ2n) is 3.54. The van der Waals surface area contributed by atoms with Gasteiger partial charge in [-0.25, -0.2) is 8.42 Å². The van der Waals surface area contributed by atoms with Crippen molar-refractivity contribution < 1.29 is 13.2 Å². The zero-order valence-corrected chi connectivity index (χ0v) is 10.4. The van der Waals surface area contributed by atoms with Crippen LogP contribution < -0.4 is 5.73 Å². The zero-order valence-electron chi connectivity index (χ0n) is 9.56. The molecule has 1 aromatic carbocycles. The summed E-state index contributed by atoms with van der Waals surface area (Å²) in [5.74, 6) is 0.00555. The van der Waals surface area contributed by atoms with Crippen molar-refractivity contribution in [1.29, 1.82) is 0 Å². The van der Waals surface area contributed by atoms with Gasteiger partial charge in [0.15, 0.2) is 9.84 Å². The van der Waals surface area contributed by atoms with Crippen LogP contribution in [0.3, 0.4) is 0 Å². The third-order valence-corrected chi connectivity index (χ3v) is 4.07. The number of hydrogen-bond donors (Lipinski definition) is 1. The molecule has 0 bridgehead atoms. The van der Waals surface area contributed by atoms with Crippen molar-refractivity contribution >= 4 is 15.5 Å². The maximum Gasteiger partial charge on any atom is 0.180 e. The van der Waals surface area contributed by atoms with E-state index in [9.17, 15) is 8.42 Å². The normalized spacial score (nSPS) is 11.6. The van der Waals surface area contributed by atoms with Gasteiger partial charge < -0.3 is 10.5 Å². The summed E-state index contributed by atoms with van der Waals surface area (Å²) in [7, 11) is -3.26. The molecule has 0 aliphatic rings. The summed E-state index contributed by atoms with van der Waals surface area (Å²) in [6.07, 6.45) is 0. The lowest BCUT2D eigenvalue weighted by atomic mass is 10.2.